The maximum Gasteiger partial charge on any atom is 0.511 e. The van der Waals surface area contributed by atoms with Gasteiger partial charge in [-0.15, -0.1) is 0 Å². The summed E-state index contributed by atoms with van der Waals surface area (Å²) in [5, 5.41) is 0. The Labute approximate surface area is 127 Å². The van der Waals surface area contributed by atoms with E-state index in [1.165, 1.54) is 0 Å². The molecular weight excluding hydrogens is 291 g/mol. The van der Waals surface area contributed by atoms with Crippen molar-refractivity contribution in [2.24, 2.45) is 0 Å². The summed E-state index contributed by atoms with van der Waals surface area (Å²) in [4.78, 5) is 5.10. The van der Waals surface area contributed by atoms with Gasteiger partial charge in [-0.05, 0) is 37.5 Å². The molecule has 0 aliphatic heterocycles. The number of unbranched alkanes of at least 4 members (excludes halogenated alkanes) is 2. The lowest BCUT2D eigenvalue weighted by molar-refractivity contribution is -0.132. The maximum absolute atomic E-state index is 12.4. The van der Waals surface area contributed by atoms with Crippen molar-refractivity contribution in [2.45, 2.75) is 46.5 Å². The summed E-state index contributed by atoms with van der Waals surface area (Å²) < 4.78 is 27.9. The molecule has 0 atom stereocenters. The van der Waals surface area contributed by atoms with Crippen LogP contribution in [0.1, 0.15) is 45.1 Å². The van der Waals surface area contributed by atoms with Gasteiger partial charge in [0.1, 0.15) is 0 Å². The number of phosphoric acid groups is 1. The minimum atomic E-state index is -3.68. The molecule has 0 radical (unpaired) electrons. The first kappa shape index (κ1) is 18.2. The summed E-state index contributed by atoms with van der Waals surface area (Å²) >= 11 is 0. The van der Waals surface area contributed by atoms with E-state index in [-0.39, 0.29) is 0 Å². The maximum atomic E-state index is 12.4. The van der Waals surface area contributed by atoms with Crippen LogP contribution in [0.5, 0.6) is 5.75 Å². The normalized spacial score (nSPS) is 11.6. The van der Waals surface area contributed by atoms with Crippen LogP contribution in [0.2, 0.25) is 0 Å². The Morgan fingerprint density at radius 1 is 1.05 bits per heavy atom. The predicted octanol–water partition coefficient (Wildman–Crippen LogP) is 5.05. The number of hydrogen-bond acceptors (Lipinski definition) is 5. The fourth-order valence-electron chi connectivity index (χ4n) is 1.48. The van der Waals surface area contributed by atoms with E-state index in [1.54, 1.807) is 12.1 Å². The lowest BCUT2D eigenvalue weighted by Crippen LogP contribution is -2.05. The highest BCUT2D eigenvalue weighted by Crippen LogP contribution is 2.50. The second kappa shape index (κ2) is 9.96. The Morgan fingerprint density at radius 2 is 1.67 bits per heavy atom. The first-order valence-electron chi connectivity index (χ1n) is 7.41. The van der Waals surface area contributed by atoms with Crippen molar-refractivity contribution in [3.8, 4) is 5.75 Å². The van der Waals surface area contributed by atoms with E-state index >= 15 is 0 Å². The quantitative estimate of drug-likeness (QED) is 0.247. The zero-order valence-corrected chi connectivity index (χ0v) is 13.9. The van der Waals surface area contributed by atoms with Crippen LogP contribution in [0.25, 0.3) is 0 Å². The molecule has 1 aromatic rings. The van der Waals surface area contributed by atoms with Gasteiger partial charge in [0.05, 0.1) is 13.2 Å². The topological polar surface area (TPSA) is 54.0 Å². The molecule has 0 N–H and O–H groups in total. The molecule has 0 aliphatic carbocycles. The molecule has 0 fully saturated rings. The van der Waals surface area contributed by atoms with E-state index in [0.29, 0.717) is 19.0 Å². The van der Waals surface area contributed by atoms with Crippen molar-refractivity contribution in [2.75, 3.05) is 13.2 Å². The van der Waals surface area contributed by atoms with Gasteiger partial charge in [0.15, 0.2) is 5.75 Å². The fourth-order valence-corrected chi connectivity index (χ4v) is 2.52. The summed E-state index contributed by atoms with van der Waals surface area (Å²) in [7, 11) is -3.68. The van der Waals surface area contributed by atoms with Crippen LogP contribution in [-0.4, -0.2) is 13.2 Å². The van der Waals surface area contributed by atoms with Crippen molar-refractivity contribution in [3.63, 3.8) is 0 Å². The molecule has 120 valence electrons. The largest absolute Gasteiger partial charge is 0.511 e. The monoisotopic (exact) mass is 316 g/mol. The minimum Gasteiger partial charge on any atom is -0.327 e. The zero-order valence-electron chi connectivity index (χ0n) is 13.0. The molecule has 0 saturated heterocycles. The van der Waals surface area contributed by atoms with Crippen LogP contribution in [0.15, 0.2) is 24.3 Å². The van der Waals surface area contributed by atoms with Crippen molar-refractivity contribution in [1.29, 1.82) is 0 Å². The molecule has 0 amide bonds. The molecule has 5 nitrogen and oxygen atoms in total. The Bertz CT molecular complexity index is 435. The molecule has 0 aliphatic rings. The van der Waals surface area contributed by atoms with E-state index < -0.39 is 7.82 Å². The fraction of sp³-hybridized carbons (Fsp3) is 0.600. The van der Waals surface area contributed by atoms with Gasteiger partial charge >= 0.3 is 7.82 Å². The van der Waals surface area contributed by atoms with Gasteiger partial charge in [-0.2, -0.15) is 0 Å². The van der Waals surface area contributed by atoms with Gasteiger partial charge in [-0.1, -0.05) is 43.5 Å². The van der Waals surface area contributed by atoms with E-state index in [4.69, 9.17) is 18.6 Å². The van der Waals surface area contributed by atoms with Gasteiger partial charge in [0.25, 0.3) is 0 Å². The molecular formula is C15H25O5P. The summed E-state index contributed by atoms with van der Waals surface area (Å²) in [5.41, 5.74) is 1.02. The lowest BCUT2D eigenvalue weighted by Gasteiger charge is -2.16. The van der Waals surface area contributed by atoms with Gasteiger partial charge in [-0.3, -0.25) is 9.05 Å². The highest BCUT2D eigenvalue weighted by Gasteiger charge is 2.29. The van der Waals surface area contributed by atoms with Gasteiger partial charge in [0.2, 0.25) is 0 Å². The van der Waals surface area contributed by atoms with E-state index in [2.05, 4.69) is 0 Å². The smallest absolute Gasteiger partial charge is 0.327 e. The lowest BCUT2D eigenvalue weighted by atomic mass is 10.2. The Kier molecular flexibility index (Phi) is 8.62. The number of hydrogen-bond donors (Lipinski definition) is 0. The van der Waals surface area contributed by atoms with E-state index in [9.17, 15) is 4.57 Å². The van der Waals surface area contributed by atoms with Crippen molar-refractivity contribution in [3.05, 3.63) is 29.8 Å². The third-order valence-electron chi connectivity index (χ3n) is 2.71. The standard InChI is InChI=1S/C15H25O5P/c1-4-6-11-17-21(16,18-12-7-5-2)20-19-15-10-8-9-14(3)13-15/h8-10,13H,4-7,11-12H2,1-3H3. The van der Waals surface area contributed by atoms with Gasteiger partial charge in [-0.25, -0.2) is 4.57 Å². The average molecular weight is 316 g/mol. The number of benzene rings is 1. The van der Waals surface area contributed by atoms with Crippen molar-refractivity contribution >= 4 is 7.82 Å². The molecule has 0 unspecified atom stereocenters. The Balaban J connectivity index is 2.56. The average Bonchev–Trinajstić information content (AvgIpc) is 2.46. The first-order chi connectivity index (χ1) is 10.1. The van der Waals surface area contributed by atoms with Crippen molar-refractivity contribution in [1.82, 2.24) is 0 Å². The highest BCUT2D eigenvalue weighted by molar-refractivity contribution is 7.48. The second-order valence-electron chi connectivity index (χ2n) is 4.80. The van der Waals surface area contributed by atoms with Crippen LogP contribution in [-0.2, 0) is 18.3 Å². The summed E-state index contributed by atoms with van der Waals surface area (Å²) in [5.74, 6) is 0.466. The molecule has 21 heavy (non-hydrogen) atoms. The highest BCUT2D eigenvalue weighted by atomic mass is 31.2. The summed E-state index contributed by atoms with van der Waals surface area (Å²) in [6.45, 7) is 6.61. The van der Waals surface area contributed by atoms with Crippen LogP contribution in [0.4, 0.5) is 0 Å². The third-order valence-corrected chi connectivity index (χ3v) is 3.96. The van der Waals surface area contributed by atoms with Crippen LogP contribution >= 0.6 is 7.82 Å². The summed E-state index contributed by atoms with van der Waals surface area (Å²) in [6, 6.07) is 7.26. The number of phosphoric ester groups is 1. The predicted molar refractivity (Wildman–Crippen MR) is 82.2 cm³/mol. The van der Waals surface area contributed by atoms with Gasteiger partial charge in [0, 0.05) is 0 Å². The van der Waals surface area contributed by atoms with E-state index in [0.717, 1.165) is 31.2 Å². The number of aryl methyl sites for hydroxylation is 1. The molecule has 0 saturated carbocycles. The molecule has 0 bridgehead atoms. The summed E-state index contributed by atoms with van der Waals surface area (Å²) in [6.07, 6.45) is 3.45. The second-order valence-corrected chi connectivity index (χ2v) is 6.36. The van der Waals surface area contributed by atoms with E-state index in [1.807, 2.05) is 32.9 Å². The Hall–Kier alpha value is -0.870. The van der Waals surface area contributed by atoms with Crippen LogP contribution in [0.3, 0.4) is 0 Å². The first-order valence-corrected chi connectivity index (χ1v) is 8.87. The zero-order chi connectivity index (χ0) is 15.6. The molecule has 6 heteroatoms. The number of rotatable bonds is 11. The molecule has 0 heterocycles. The molecule has 0 spiro atoms. The minimum absolute atomic E-state index is 0.317. The molecule has 1 rings (SSSR count). The van der Waals surface area contributed by atoms with Crippen molar-refractivity contribution < 1.29 is 23.2 Å². The third kappa shape index (κ3) is 7.63. The Morgan fingerprint density at radius 3 is 2.19 bits per heavy atom. The van der Waals surface area contributed by atoms with Crippen LogP contribution < -0.4 is 4.89 Å². The molecule has 1 aromatic carbocycles. The SMILES string of the molecule is CCCCOP(=O)(OCCCC)OOc1cccc(C)c1. The molecule has 0 aromatic heterocycles. The van der Waals surface area contributed by atoms with Gasteiger partial charge < -0.3 is 4.89 Å². The van der Waals surface area contributed by atoms with Crippen LogP contribution in [0, 0.1) is 6.92 Å².